The lowest BCUT2D eigenvalue weighted by atomic mass is 9.87. The van der Waals surface area contributed by atoms with E-state index in [4.69, 9.17) is 0 Å². The number of thioether (sulfide) groups is 2. The molecule has 2 heterocycles. The highest BCUT2D eigenvalue weighted by Crippen LogP contribution is 2.44. The summed E-state index contributed by atoms with van der Waals surface area (Å²) in [5, 5.41) is 18.9. The van der Waals surface area contributed by atoms with Gasteiger partial charge in [0.15, 0.2) is 0 Å². The Labute approximate surface area is 235 Å². The first-order chi connectivity index (χ1) is 17.0. The number of carboxylic acid groups (broad SMARTS) is 1. The van der Waals surface area contributed by atoms with Crippen molar-refractivity contribution in [1.82, 2.24) is 0 Å². The number of hydrogen-bond donors (Lipinski definition) is 2. The number of aliphatic hydroxyl groups excluding tert-OH is 1. The molecular formula is C32H50O3S2. The molecule has 0 aromatic rings. The highest BCUT2D eigenvalue weighted by atomic mass is 32.2. The average Bonchev–Trinajstić information content (AvgIpc) is 2.76. The van der Waals surface area contributed by atoms with Gasteiger partial charge in [-0.15, -0.1) is 0 Å². The Balaban J connectivity index is 1.94. The van der Waals surface area contributed by atoms with Gasteiger partial charge in [-0.3, -0.25) is 4.79 Å². The summed E-state index contributed by atoms with van der Waals surface area (Å²) in [4.78, 5) is 16.8. The van der Waals surface area contributed by atoms with E-state index in [-0.39, 0.29) is 22.9 Å². The van der Waals surface area contributed by atoms with Crippen molar-refractivity contribution >= 4 is 29.5 Å². The predicted octanol–water partition coefficient (Wildman–Crippen LogP) is 9.87. The second-order valence-corrected chi connectivity index (χ2v) is 15.8. The van der Waals surface area contributed by atoms with E-state index in [1.54, 1.807) is 0 Å². The van der Waals surface area contributed by atoms with Crippen LogP contribution < -0.4 is 0 Å². The van der Waals surface area contributed by atoms with Crippen LogP contribution in [0, 0.1) is 21.7 Å². The third-order valence-corrected chi connectivity index (χ3v) is 9.16. The molecule has 0 amide bonds. The molecule has 0 saturated heterocycles. The number of allylic oxidation sites excluding steroid dienone is 8. The van der Waals surface area contributed by atoms with Gasteiger partial charge in [0.25, 0.3) is 0 Å². The van der Waals surface area contributed by atoms with Crippen molar-refractivity contribution in [2.75, 3.05) is 6.61 Å². The van der Waals surface area contributed by atoms with Crippen LogP contribution in [0.25, 0.3) is 0 Å². The van der Waals surface area contributed by atoms with Gasteiger partial charge >= 0.3 is 5.97 Å². The quantitative estimate of drug-likeness (QED) is 0.212. The standard InChI is InChI=1S/C32H50O3S2/c1-29(2,23-33)17-11-9-13-24-19-30(3,4)21-26(36-24)15-16-27-22-31(5,6)20-25(37-27)14-10-12-18-32(7,8)28(34)35/h15-16,19-22,33H,9-14,17-18,23H2,1-8H3,(H,34,35)/b16-15+. The molecule has 0 aliphatic carbocycles. The Kier molecular flexibility index (Phi) is 11.5. The van der Waals surface area contributed by atoms with E-state index in [0.29, 0.717) is 6.42 Å². The SMILES string of the molecule is CC1(C)C=C(/C=C/C2=CC(C)(C)C=C(CCCCC(C)(C)C(=O)O)S2)SC(CCCCC(C)(C)CO)=C1. The van der Waals surface area contributed by atoms with Crippen molar-refractivity contribution in [3.8, 4) is 0 Å². The molecule has 0 saturated carbocycles. The van der Waals surface area contributed by atoms with Gasteiger partial charge in [-0.05, 0) is 79.7 Å². The van der Waals surface area contributed by atoms with E-state index in [9.17, 15) is 15.0 Å². The molecule has 0 fully saturated rings. The maximum atomic E-state index is 11.4. The van der Waals surface area contributed by atoms with E-state index in [1.165, 1.54) is 19.6 Å². The lowest BCUT2D eigenvalue weighted by Gasteiger charge is -2.26. The molecule has 0 aromatic carbocycles. The van der Waals surface area contributed by atoms with Gasteiger partial charge in [-0.25, -0.2) is 0 Å². The van der Waals surface area contributed by atoms with E-state index in [1.807, 2.05) is 37.4 Å². The van der Waals surface area contributed by atoms with Crippen LogP contribution in [0.3, 0.4) is 0 Å². The smallest absolute Gasteiger partial charge is 0.309 e. The van der Waals surface area contributed by atoms with Crippen LogP contribution in [0.2, 0.25) is 0 Å². The largest absolute Gasteiger partial charge is 0.481 e. The minimum absolute atomic E-state index is 0.0152. The molecule has 0 bridgehead atoms. The van der Waals surface area contributed by atoms with Crippen molar-refractivity contribution < 1.29 is 15.0 Å². The van der Waals surface area contributed by atoms with Gasteiger partial charge in [0.1, 0.15) is 0 Å². The van der Waals surface area contributed by atoms with Crippen molar-refractivity contribution in [1.29, 1.82) is 0 Å². The molecule has 0 unspecified atom stereocenters. The minimum Gasteiger partial charge on any atom is -0.481 e. The van der Waals surface area contributed by atoms with Crippen LogP contribution in [-0.2, 0) is 4.79 Å². The molecule has 2 aliphatic heterocycles. The molecule has 37 heavy (non-hydrogen) atoms. The second kappa shape index (κ2) is 13.3. The van der Waals surface area contributed by atoms with E-state index in [0.717, 1.165) is 44.9 Å². The Bertz CT molecular complexity index is 959. The molecule has 2 rings (SSSR count). The van der Waals surface area contributed by atoms with E-state index < -0.39 is 11.4 Å². The van der Waals surface area contributed by atoms with Gasteiger partial charge in [-0.1, -0.05) is 102 Å². The summed E-state index contributed by atoms with van der Waals surface area (Å²) < 4.78 is 0. The van der Waals surface area contributed by atoms with Crippen LogP contribution in [0.4, 0.5) is 0 Å². The molecule has 2 aliphatic rings. The molecule has 0 atom stereocenters. The number of rotatable bonds is 14. The van der Waals surface area contributed by atoms with Crippen molar-refractivity contribution in [3.63, 3.8) is 0 Å². The number of unbranched alkanes of at least 4 members (excludes halogenated alkanes) is 2. The molecule has 208 valence electrons. The van der Waals surface area contributed by atoms with Crippen molar-refractivity contribution in [3.05, 3.63) is 56.1 Å². The Morgan fingerprint density at radius 1 is 0.784 bits per heavy atom. The zero-order valence-electron chi connectivity index (χ0n) is 24.4. The summed E-state index contributed by atoms with van der Waals surface area (Å²) in [6.07, 6.45) is 22.2. The van der Waals surface area contributed by atoms with Gasteiger partial charge in [-0.2, -0.15) is 0 Å². The van der Waals surface area contributed by atoms with Gasteiger partial charge in [0, 0.05) is 27.2 Å². The third kappa shape index (κ3) is 11.6. The summed E-state index contributed by atoms with van der Waals surface area (Å²) in [7, 11) is 0. The number of carbonyl (C=O) groups is 1. The van der Waals surface area contributed by atoms with Gasteiger partial charge in [0.05, 0.1) is 5.41 Å². The van der Waals surface area contributed by atoms with Crippen LogP contribution in [0.5, 0.6) is 0 Å². The zero-order valence-corrected chi connectivity index (χ0v) is 26.1. The topological polar surface area (TPSA) is 57.5 Å². The lowest BCUT2D eigenvalue weighted by Crippen LogP contribution is -2.23. The third-order valence-electron chi connectivity index (χ3n) is 7.01. The Morgan fingerprint density at radius 2 is 1.22 bits per heavy atom. The normalized spacial score (nSPS) is 19.8. The second-order valence-electron chi connectivity index (χ2n) is 13.4. The number of hydrogen-bond acceptors (Lipinski definition) is 4. The number of aliphatic carboxylic acids is 1. The van der Waals surface area contributed by atoms with Crippen molar-refractivity contribution in [2.24, 2.45) is 21.7 Å². The Hall–Kier alpha value is -1.17. The van der Waals surface area contributed by atoms with Crippen LogP contribution >= 0.6 is 23.5 Å². The summed E-state index contributed by atoms with van der Waals surface area (Å²) in [6.45, 7) is 17.2. The minimum atomic E-state index is -0.711. The summed E-state index contributed by atoms with van der Waals surface area (Å²) in [5.41, 5.74) is -0.569. The highest BCUT2D eigenvalue weighted by Gasteiger charge is 2.27. The molecule has 3 nitrogen and oxygen atoms in total. The maximum Gasteiger partial charge on any atom is 0.309 e. The maximum absolute atomic E-state index is 11.4. The molecule has 0 radical (unpaired) electrons. The van der Waals surface area contributed by atoms with Crippen LogP contribution in [0.15, 0.2) is 56.1 Å². The molecule has 0 spiro atoms. The molecular weight excluding hydrogens is 496 g/mol. The van der Waals surface area contributed by atoms with Crippen molar-refractivity contribution in [2.45, 2.75) is 107 Å². The first kappa shape index (κ1) is 32.0. The summed E-state index contributed by atoms with van der Waals surface area (Å²) in [5.74, 6) is -0.711. The molecule has 2 N–H and O–H groups in total. The molecule has 0 aromatic heterocycles. The van der Waals surface area contributed by atoms with Crippen LogP contribution in [-0.4, -0.2) is 22.8 Å². The Morgan fingerprint density at radius 3 is 1.62 bits per heavy atom. The fraction of sp³-hybridized carbons (Fsp3) is 0.656. The first-order valence-electron chi connectivity index (χ1n) is 13.8. The average molecular weight is 547 g/mol. The summed E-state index contributed by atoms with van der Waals surface area (Å²) >= 11 is 3.75. The zero-order chi connectivity index (χ0) is 27.9. The fourth-order valence-corrected chi connectivity index (χ4v) is 7.42. The predicted molar refractivity (Wildman–Crippen MR) is 163 cm³/mol. The van der Waals surface area contributed by atoms with E-state index >= 15 is 0 Å². The van der Waals surface area contributed by atoms with Gasteiger partial charge < -0.3 is 10.2 Å². The van der Waals surface area contributed by atoms with Gasteiger partial charge in [0.2, 0.25) is 0 Å². The molecule has 5 heteroatoms. The number of carboxylic acids is 1. The van der Waals surface area contributed by atoms with Crippen LogP contribution in [0.1, 0.15) is 107 Å². The first-order valence-corrected chi connectivity index (χ1v) is 15.4. The van der Waals surface area contributed by atoms with E-state index in [2.05, 4.69) is 78.0 Å². The number of aliphatic hydroxyl groups is 1. The monoisotopic (exact) mass is 546 g/mol. The fourth-order valence-electron chi connectivity index (χ4n) is 4.60. The summed E-state index contributed by atoms with van der Waals surface area (Å²) in [6, 6.07) is 0. The highest BCUT2D eigenvalue weighted by molar-refractivity contribution is 8.07. The lowest BCUT2D eigenvalue weighted by molar-refractivity contribution is -0.147.